The molecule has 1 aromatic rings. The molecule has 1 N–H and O–H groups in total. The van der Waals surface area contributed by atoms with Gasteiger partial charge < -0.3 is 27.7 Å². The zero-order chi connectivity index (χ0) is 14.8. The fourth-order valence-electron chi connectivity index (χ4n) is 1.86. The summed E-state index contributed by atoms with van der Waals surface area (Å²) < 4.78 is 23.2. The van der Waals surface area contributed by atoms with Crippen LogP contribution in [0, 0.1) is 0 Å². The van der Waals surface area contributed by atoms with Crippen LogP contribution in [-0.4, -0.2) is 64.1 Å². The van der Waals surface area contributed by atoms with Crippen LogP contribution in [-0.2, 0) is 24.6 Å². The van der Waals surface area contributed by atoms with Gasteiger partial charge >= 0.3 is 8.80 Å². The maximum atomic E-state index is 9.78. The van der Waals surface area contributed by atoms with Crippen molar-refractivity contribution in [3.8, 4) is 0 Å². The molecule has 21 heavy (non-hydrogen) atoms. The van der Waals surface area contributed by atoms with E-state index >= 15 is 0 Å². The number of aromatic nitrogens is 2. The Morgan fingerprint density at radius 1 is 1.24 bits per heavy atom. The van der Waals surface area contributed by atoms with Gasteiger partial charge in [-0.25, -0.2) is 4.98 Å². The summed E-state index contributed by atoms with van der Waals surface area (Å²) >= 11 is 0. The van der Waals surface area contributed by atoms with Crippen LogP contribution in [0.15, 0.2) is 18.7 Å². The van der Waals surface area contributed by atoms with Crippen molar-refractivity contribution >= 4 is 18.7 Å². The molecule has 2 unspecified atom stereocenters. The van der Waals surface area contributed by atoms with E-state index in [-0.39, 0.29) is 9.90 Å². The Morgan fingerprint density at radius 2 is 1.90 bits per heavy atom. The van der Waals surface area contributed by atoms with Gasteiger partial charge in [-0.2, -0.15) is 9.90 Å². The fraction of sp³-hybridized carbons (Fsp3) is 0.750. The standard InChI is InChI=1S/C12H24N2O5Si.H3P/c1-16-20(17-2,18-3)8-4-7-19-10-12(15)9-14-6-5-13-11-14;/h5-6,11-12,15H,4,7-10H2,1-3H3;1H3. The lowest BCUT2D eigenvalue weighted by molar-refractivity contribution is 0.0266. The molecule has 0 aliphatic heterocycles. The third-order valence-corrected chi connectivity index (χ3v) is 5.83. The fourth-order valence-corrected chi connectivity index (χ4v) is 3.55. The first kappa shape index (κ1) is 20.7. The molecule has 0 saturated carbocycles. The van der Waals surface area contributed by atoms with E-state index < -0.39 is 14.9 Å². The van der Waals surface area contributed by atoms with E-state index in [1.165, 1.54) is 0 Å². The van der Waals surface area contributed by atoms with Crippen molar-refractivity contribution in [1.82, 2.24) is 9.55 Å². The van der Waals surface area contributed by atoms with Crippen LogP contribution in [0.25, 0.3) is 0 Å². The van der Waals surface area contributed by atoms with Crippen molar-refractivity contribution in [3.05, 3.63) is 18.7 Å². The molecule has 0 aliphatic rings. The van der Waals surface area contributed by atoms with Crippen molar-refractivity contribution in [2.45, 2.75) is 25.1 Å². The van der Waals surface area contributed by atoms with Crippen LogP contribution in [0.3, 0.4) is 0 Å². The highest BCUT2D eigenvalue weighted by Gasteiger charge is 2.36. The first-order chi connectivity index (χ1) is 9.65. The van der Waals surface area contributed by atoms with Crippen molar-refractivity contribution in [1.29, 1.82) is 0 Å². The van der Waals surface area contributed by atoms with Gasteiger partial charge in [0, 0.05) is 46.4 Å². The number of hydrogen-bond acceptors (Lipinski definition) is 6. The summed E-state index contributed by atoms with van der Waals surface area (Å²) in [5, 5.41) is 9.78. The minimum Gasteiger partial charge on any atom is -0.389 e. The lowest BCUT2D eigenvalue weighted by Gasteiger charge is -2.24. The molecule has 0 aliphatic carbocycles. The van der Waals surface area contributed by atoms with Crippen LogP contribution < -0.4 is 0 Å². The monoisotopic (exact) mass is 338 g/mol. The summed E-state index contributed by atoms with van der Waals surface area (Å²) in [7, 11) is 2.28. The van der Waals surface area contributed by atoms with Crippen LogP contribution >= 0.6 is 9.90 Å². The average Bonchev–Trinajstić information content (AvgIpc) is 2.96. The molecule has 0 saturated heterocycles. The Labute approximate surface area is 130 Å². The van der Waals surface area contributed by atoms with Crippen molar-refractivity contribution in [3.63, 3.8) is 0 Å². The van der Waals surface area contributed by atoms with Crippen molar-refractivity contribution in [2.24, 2.45) is 0 Å². The number of hydrogen-bond donors (Lipinski definition) is 1. The quantitative estimate of drug-likeness (QED) is 0.362. The minimum atomic E-state index is -2.50. The van der Waals surface area contributed by atoms with Gasteiger partial charge in [-0.15, -0.1) is 0 Å². The van der Waals surface area contributed by atoms with E-state index in [4.69, 9.17) is 18.0 Å². The SMILES string of the molecule is CO[Si](CCCOCC(O)Cn1ccnc1)(OC)OC.P. The van der Waals surface area contributed by atoms with E-state index in [1.807, 2.05) is 4.57 Å². The second kappa shape index (κ2) is 11.3. The van der Waals surface area contributed by atoms with E-state index in [1.54, 1.807) is 40.1 Å². The first-order valence-electron chi connectivity index (χ1n) is 6.53. The summed E-state index contributed by atoms with van der Waals surface area (Å²) in [4.78, 5) is 3.91. The maximum absolute atomic E-state index is 9.78. The van der Waals surface area contributed by atoms with Gasteiger partial charge in [0.2, 0.25) is 0 Å². The predicted octanol–water partition coefficient (Wildman–Crippen LogP) is 0.587. The average molecular weight is 338 g/mol. The highest BCUT2D eigenvalue weighted by molar-refractivity contribution is 6.92. The summed E-state index contributed by atoms with van der Waals surface area (Å²) in [6.07, 6.45) is 5.37. The van der Waals surface area contributed by atoms with E-state index in [2.05, 4.69) is 4.98 Å². The van der Waals surface area contributed by atoms with Gasteiger partial charge in [0.15, 0.2) is 0 Å². The van der Waals surface area contributed by atoms with Crippen molar-refractivity contribution < 1.29 is 23.1 Å². The third-order valence-electron chi connectivity index (χ3n) is 3.00. The molecule has 0 fully saturated rings. The maximum Gasteiger partial charge on any atom is 0.500 e. The Morgan fingerprint density at radius 3 is 2.43 bits per heavy atom. The van der Waals surface area contributed by atoms with Crippen LogP contribution in [0.1, 0.15) is 6.42 Å². The normalized spacial score (nSPS) is 13.0. The summed E-state index contributed by atoms with van der Waals surface area (Å²) in [5.41, 5.74) is 0. The van der Waals surface area contributed by atoms with E-state index in [9.17, 15) is 5.11 Å². The number of ether oxygens (including phenoxy) is 1. The molecule has 0 aromatic carbocycles. The van der Waals surface area contributed by atoms with E-state index in [0.717, 1.165) is 6.42 Å². The Balaban J connectivity index is 0.00000400. The lowest BCUT2D eigenvalue weighted by atomic mass is 10.4. The second-order valence-electron chi connectivity index (χ2n) is 4.39. The lowest BCUT2D eigenvalue weighted by Crippen LogP contribution is -2.42. The predicted molar refractivity (Wildman–Crippen MR) is 86.4 cm³/mol. The zero-order valence-electron chi connectivity index (χ0n) is 13.0. The Bertz CT molecular complexity index is 343. The molecule has 0 radical (unpaired) electrons. The third kappa shape index (κ3) is 7.46. The molecule has 0 amide bonds. The molecule has 9 heteroatoms. The van der Waals surface area contributed by atoms with Crippen LogP contribution in [0.2, 0.25) is 6.04 Å². The first-order valence-corrected chi connectivity index (χ1v) is 8.46. The van der Waals surface area contributed by atoms with Gasteiger partial charge in [-0.3, -0.25) is 0 Å². The van der Waals surface area contributed by atoms with Crippen LogP contribution in [0.5, 0.6) is 0 Å². The second-order valence-corrected chi connectivity index (χ2v) is 7.48. The smallest absolute Gasteiger partial charge is 0.389 e. The molecule has 7 nitrogen and oxygen atoms in total. The molecular formula is C12H27N2O5PSi. The molecule has 0 bridgehead atoms. The van der Waals surface area contributed by atoms with Gasteiger partial charge in [0.1, 0.15) is 0 Å². The number of imidazole rings is 1. The molecule has 124 valence electrons. The Kier molecular flexibility index (Phi) is 11.1. The van der Waals surface area contributed by atoms with Crippen molar-refractivity contribution in [2.75, 3.05) is 34.5 Å². The number of aliphatic hydroxyl groups excluding tert-OH is 1. The summed E-state index contributed by atoms with van der Waals surface area (Å²) in [6, 6.07) is 0.689. The number of nitrogens with zero attached hydrogens (tertiary/aromatic N) is 2. The Hall–Kier alpha value is -0.343. The van der Waals surface area contributed by atoms with Gasteiger partial charge in [-0.05, 0) is 6.42 Å². The summed E-state index contributed by atoms with van der Waals surface area (Å²) in [6.45, 7) is 1.30. The van der Waals surface area contributed by atoms with Gasteiger partial charge in [0.05, 0.1) is 25.6 Å². The number of rotatable bonds is 11. The molecule has 2 atom stereocenters. The number of aliphatic hydroxyl groups is 1. The van der Waals surface area contributed by atoms with Gasteiger partial charge in [0.25, 0.3) is 0 Å². The molecule has 1 rings (SSSR count). The molecule has 1 heterocycles. The van der Waals surface area contributed by atoms with Crippen LogP contribution in [0.4, 0.5) is 0 Å². The summed E-state index contributed by atoms with van der Waals surface area (Å²) in [5.74, 6) is 0. The topological polar surface area (TPSA) is 75.0 Å². The largest absolute Gasteiger partial charge is 0.500 e. The zero-order valence-corrected chi connectivity index (χ0v) is 15.4. The molecule has 1 aromatic heterocycles. The van der Waals surface area contributed by atoms with E-state index in [0.29, 0.717) is 25.8 Å². The molecular weight excluding hydrogens is 311 g/mol. The highest BCUT2D eigenvalue weighted by atomic mass is 31.0. The molecule has 0 spiro atoms. The minimum absolute atomic E-state index is 0. The van der Waals surface area contributed by atoms with Gasteiger partial charge in [-0.1, -0.05) is 0 Å². The highest BCUT2D eigenvalue weighted by Crippen LogP contribution is 2.14.